The van der Waals surface area contributed by atoms with Gasteiger partial charge in [-0.15, -0.1) is 0 Å². The first-order valence-electron chi connectivity index (χ1n) is 8.30. The highest BCUT2D eigenvalue weighted by atomic mass is 16.5. The monoisotopic (exact) mass is 268 g/mol. The zero-order valence-corrected chi connectivity index (χ0v) is 11.1. The van der Waals surface area contributed by atoms with E-state index in [0.717, 1.165) is 12.8 Å². The molecule has 0 heterocycles. The SMILES string of the molecule is [2H]c1c([2H])c([2H])c(C(=O)OC(CC)CCCC)c(C(=O)O)c1[2H]. The number of benzene rings is 1. The molecule has 104 valence electrons. The summed E-state index contributed by atoms with van der Waals surface area (Å²) in [6.45, 7) is 3.82. The number of carbonyl (C=O) groups is 2. The number of aromatic carboxylic acids is 1. The molecular weight excluding hydrogens is 244 g/mol. The maximum absolute atomic E-state index is 12.3. The van der Waals surface area contributed by atoms with Gasteiger partial charge in [0.05, 0.1) is 16.6 Å². The average molecular weight is 268 g/mol. The summed E-state index contributed by atoms with van der Waals surface area (Å²) in [4.78, 5) is 23.6. The van der Waals surface area contributed by atoms with Crippen LogP contribution >= 0.6 is 0 Å². The van der Waals surface area contributed by atoms with Crippen molar-refractivity contribution in [2.45, 2.75) is 45.6 Å². The summed E-state index contributed by atoms with van der Waals surface area (Å²) in [7, 11) is 0. The summed E-state index contributed by atoms with van der Waals surface area (Å²) in [5, 5.41) is 9.21. The highest BCUT2D eigenvalue weighted by Crippen LogP contribution is 2.15. The lowest BCUT2D eigenvalue weighted by Gasteiger charge is -2.16. The molecule has 0 aliphatic heterocycles. The molecule has 0 spiro atoms. The van der Waals surface area contributed by atoms with Crippen LogP contribution in [0.2, 0.25) is 0 Å². The first kappa shape index (κ1) is 10.0. The van der Waals surface area contributed by atoms with Gasteiger partial charge in [-0.25, -0.2) is 9.59 Å². The number of carbonyl (C=O) groups excluding carboxylic acids is 1. The van der Waals surface area contributed by atoms with Gasteiger partial charge in [0.1, 0.15) is 6.10 Å². The predicted octanol–water partition coefficient (Wildman–Crippen LogP) is 3.51. The van der Waals surface area contributed by atoms with Gasteiger partial charge in [0.15, 0.2) is 0 Å². The average Bonchev–Trinajstić information content (AvgIpc) is 2.51. The fourth-order valence-electron chi connectivity index (χ4n) is 1.61. The molecule has 0 saturated heterocycles. The number of carboxylic acids is 1. The van der Waals surface area contributed by atoms with Crippen LogP contribution in [0.5, 0.6) is 0 Å². The molecule has 19 heavy (non-hydrogen) atoms. The molecule has 0 radical (unpaired) electrons. The van der Waals surface area contributed by atoms with Gasteiger partial charge in [-0.3, -0.25) is 0 Å². The van der Waals surface area contributed by atoms with Gasteiger partial charge in [-0.2, -0.15) is 0 Å². The molecule has 1 N–H and O–H groups in total. The van der Waals surface area contributed by atoms with Crippen molar-refractivity contribution in [3.63, 3.8) is 0 Å². The first-order valence-corrected chi connectivity index (χ1v) is 6.30. The number of carboxylic acid groups (broad SMARTS) is 1. The third-order valence-electron chi connectivity index (χ3n) is 2.71. The summed E-state index contributed by atoms with van der Waals surface area (Å²) in [5.74, 6) is -2.62. The number of unbranched alkanes of at least 4 members (excludes halogenated alkanes) is 1. The van der Waals surface area contributed by atoms with Crippen molar-refractivity contribution in [1.82, 2.24) is 0 Å². The highest BCUT2D eigenvalue weighted by molar-refractivity contribution is 6.02. The van der Waals surface area contributed by atoms with E-state index in [1.54, 1.807) is 0 Å². The molecule has 4 heteroatoms. The van der Waals surface area contributed by atoms with Crippen LogP contribution in [0.4, 0.5) is 0 Å². The minimum absolute atomic E-state index is 0.414. The van der Waals surface area contributed by atoms with Crippen molar-refractivity contribution < 1.29 is 24.9 Å². The second kappa shape index (κ2) is 7.56. The molecule has 0 saturated carbocycles. The quantitative estimate of drug-likeness (QED) is 0.769. The molecule has 0 aromatic heterocycles. The molecular formula is C15H20O4. The van der Waals surface area contributed by atoms with E-state index in [2.05, 4.69) is 0 Å². The Kier molecular flexibility index (Phi) is 3.98. The van der Waals surface area contributed by atoms with Gasteiger partial charge < -0.3 is 9.84 Å². The van der Waals surface area contributed by atoms with Crippen LogP contribution in [0.15, 0.2) is 24.2 Å². The lowest BCUT2D eigenvalue weighted by atomic mass is 10.1. The summed E-state index contributed by atoms with van der Waals surface area (Å²) >= 11 is 0. The van der Waals surface area contributed by atoms with Gasteiger partial charge in [0.25, 0.3) is 0 Å². The van der Waals surface area contributed by atoms with Gasteiger partial charge in [-0.05, 0) is 24.9 Å². The van der Waals surface area contributed by atoms with Crippen LogP contribution in [-0.2, 0) is 4.74 Å². The van der Waals surface area contributed by atoms with Crippen LogP contribution in [0.3, 0.4) is 0 Å². The molecule has 1 atom stereocenters. The topological polar surface area (TPSA) is 63.6 Å². The van der Waals surface area contributed by atoms with Crippen molar-refractivity contribution in [2.75, 3.05) is 0 Å². The molecule has 0 amide bonds. The molecule has 0 fully saturated rings. The van der Waals surface area contributed by atoms with Gasteiger partial charge in [-0.1, -0.05) is 38.8 Å². The van der Waals surface area contributed by atoms with Gasteiger partial charge in [0.2, 0.25) is 0 Å². The molecule has 1 unspecified atom stereocenters. The summed E-state index contributed by atoms with van der Waals surface area (Å²) < 4.78 is 35.8. The Labute approximate surface area is 119 Å². The summed E-state index contributed by atoms with van der Waals surface area (Å²) in [5.41, 5.74) is -1.38. The molecule has 1 aromatic rings. The van der Waals surface area contributed by atoms with Crippen LogP contribution in [0.1, 0.15) is 65.7 Å². The third-order valence-corrected chi connectivity index (χ3v) is 2.71. The minimum Gasteiger partial charge on any atom is -0.478 e. The zero-order chi connectivity index (χ0) is 17.7. The molecule has 0 bridgehead atoms. The number of hydrogen-bond acceptors (Lipinski definition) is 3. The lowest BCUT2D eigenvalue weighted by Crippen LogP contribution is -2.19. The minimum atomic E-state index is -1.59. The van der Waals surface area contributed by atoms with E-state index >= 15 is 0 Å². The van der Waals surface area contributed by atoms with Gasteiger partial charge in [0, 0.05) is 0 Å². The Hall–Kier alpha value is -1.84. The predicted molar refractivity (Wildman–Crippen MR) is 72.4 cm³/mol. The molecule has 1 aromatic carbocycles. The number of ether oxygens (including phenoxy) is 1. The number of hydrogen-bond donors (Lipinski definition) is 1. The molecule has 4 nitrogen and oxygen atoms in total. The van der Waals surface area contributed by atoms with Gasteiger partial charge >= 0.3 is 11.9 Å². The van der Waals surface area contributed by atoms with Crippen LogP contribution in [0, 0.1) is 0 Å². The second-order valence-corrected chi connectivity index (χ2v) is 4.13. The number of rotatable bonds is 7. The van der Waals surface area contributed by atoms with Crippen molar-refractivity contribution in [3.05, 3.63) is 35.3 Å². The third kappa shape index (κ3) is 4.39. The first-order chi connectivity index (χ1) is 10.8. The van der Waals surface area contributed by atoms with Crippen molar-refractivity contribution in [2.24, 2.45) is 0 Å². The molecule has 0 aliphatic carbocycles. The Balaban J connectivity index is 3.30. The Morgan fingerprint density at radius 2 is 1.95 bits per heavy atom. The fourth-order valence-corrected chi connectivity index (χ4v) is 1.61. The second-order valence-electron chi connectivity index (χ2n) is 4.13. The van der Waals surface area contributed by atoms with E-state index in [9.17, 15) is 14.7 Å². The van der Waals surface area contributed by atoms with Crippen LogP contribution in [-0.4, -0.2) is 23.1 Å². The van der Waals surface area contributed by atoms with E-state index in [1.165, 1.54) is 0 Å². The number of esters is 1. The highest BCUT2D eigenvalue weighted by Gasteiger charge is 2.19. The van der Waals surface area contributed by atoms with E-state index in [-0.39, 0.29) is 0 Å². The Morgan fingerprint density at radius 3 is 2.47 bits per heavy atom. The Bertz CT molecular complexity index is 616. The van der Waals surface area contributed by atoms with Crippen LogP contribution < -0.4 is 0 Å². The Morgan fingerprint density at radius 1 is 1.32 bits per heavy atom. The van der Waals surface area contributed by atoms with E-state index in [0.29, 0.717) is 12.8 Å². The van der Waals surface area contributed by atoms with Crippen LogP contribution in [0.25, 0.3) is 0 Å². The van der Waals surface area contributed by atoms with E-state index in [1.807, 2.05) is 13.8 Å². The normalized spacial score (nSPS) is 14.8. The fraction of sp³-hybridized carbons (Fsp3) is 0.467. The molecule has 1 rings (SSSR count). The maximum Gasteiger partial charge on any atom is 0.339 e. The van der Waals surface area contributed by atoms with E-state index in [4.69, 9.17) is 10.2 Å². The summed E-state index contributed by atoms with van der Waals surface area (Å²) in [6, 6.07) is -2.80. The van der Waals surface area contributed by atoms with E-state index < -0.39 is 53.3 Å². The van der Waals surface area contributed by atoms with Crippen molar-refractivity contribution in [3.8, 4) is 0 Å². The van der Waals surface area contributed by atoms with Crippen molar-refractivity contribution in [1.29, 1.82) is 0 Å². The standard InChI is InChI=1S/C15H20O4/c1-3-5-8-11(4-2)19-15(18)13-10-7-6-9-12(13)14(16)17/h6-7,9-11H,3-5,8H2,1-2H3,(H,16,17)/i6D,7D,9D,10D. The van der Waals surface area contributed by atoms with Crippen molar-refractivity contribution >= 4 is 11.9 Å². The maximum atomic E-state index is 12.3. The smallest absolute Gasteiger partial charge is 0.339 e. The lowest BCUT2D eigenvalue weighted by molar-refractivity contribution is 0.0263. The largest absolute Gasteiger partial charge is 0.478 e. The molecule has 0 aliphatic rings. The zero-order valence-electron chi connectivity index (χ0n) is 15.1. The summed E-state index contributed by atoms with van der Waals surface area (Å²) in [6.07, 6.45) is 2.50.